The van der Waals surface area contributed by atoms with E-state index >= 15 is 0 Å². The first-order chi connectivity index (χ1) is 9.74. The van der Waals surface area contributed by atoms with Gasteiger partial charge in [-0.25, -0.2) is 4.98 Å². The molecule has 1 N–H and O–H groups in total. The Balaban J connectivity index is 1.67. The van der Waals surface area contributed by atoms with E-state index in [-0.39, 0.29) is 0 Å². The molecule has 1 saturated carbocycles. The summed E-state index contributed by atoms with van der Waals surface area (Å²) in [5.41, 5.74) is 2.36. The predicted octanol–water partition coefficient (Wildman–Crippen LogP) is 2.17. The van der Waals surface area contributed by atoms with Gasteiger partial charge >= 0.3 is 0 Å². The number of para-hydroxylation sites is 2. The zero-order valence-electron chi connectivity index (χ0n) is 12.7. The third-order valence-corrected chi connectivity index (χ3v) is 4.70. The molecule has 1 aliphatic rings. The van der Waals surface area contributed by atoms with Crippen LogP contribution in [0.2, 0.25) is 0 Å². The van der Waals surface area contributed by atoms with Crippen molar-refractivity contribution >= 4 is 11.0 Å². The fourth-order valence-electron chi connectivity index (χ4n) is 3.58. The lowest BCUT2D eigenvalue weighted by molar-refractivity contribution is -0.898. The minimum atomic E-state index is 0.929. The van der Waals surface area contributed by atoms with Crippen LogP contribution in [0.1, 0.15) is 37.9 Å². The molecule has 3 nitrogen and oxygen atoms in total. The standard InChI is InChI=1S/C17H25N3/c1-19(12-14-8-4-3-5-9-14)13-17-18-15-10-6-7-11-16(15)20(17)2/h6-7,10-11,14H,3-5,8-9,12-13H2,1-2H3/p+1. The number of benzene rings is 1. The molecule has 20 heavy (non-hydrogen) atoms. The Hall–Kier alpha value is -1.35. The minimum absolute atomic E-state index is 0.929. The number of hydrogen-bond acceptors (Lipinski definition) is 1. The number of quaternary nitrogens is 1. The topological polar surface area (TPSA) is 22.3 Å². The van der Waals surface area contributed by atoms with Crippen LogP contribution < -0.4 is 4.90 Å². The van der Waals surface area contributed by atoms with Crippen LogP contribution in [0.15, 0.2) is 24.3 Å². The molecule has 3 heteroatoms. The summed E-state index contributed by atoms with van der Waals surface area (Å²) in [4.78, 5) is 6.38. The Labute approximate surface area is 121 Å². The first-order valence-electron chi connectivity index (χ1n) is 7.95. The Morgan fingerprint density at radius 1 is 1.20 bits per heavy atom. The molecule has 0 bridgehead atoms. The Kier molecular flexibility index (Phi) is 4.06. The molecule has 0 spiro atoms. The van der Waals surface area contributed by atoms with Crippen molar-refractivity contribution in [3.63, 3.8) is 0 Å². The van der Waals surface area contributed by atoms with Crippen LogP contribution >= 0.6 is 0 Å². The number of nitrogens with zero attached hydrogens (tertiary/aromatic N) is 2. The maximum absolute atomic E-state index is 4.79. The highest BCUT2D eigenvalue weighted by Gasteiger charge is 2.19. The van der Waals surface area contributed by atoms with Gasteiger partial charge in [-0.1, -0.05) is 31.4 Å². The molecule has 0 aliphatic heterocycles. The van der Waals surface area contributed by atoms with Gasteiger partial charge in [0.15, 0.2) is 5.82 Å². The number of aryl methyl sites for hydroxylation is 1. The highest BCUT2D eigenvalue weighted by Crippen LogP contribution is 2.22. The van der Waals surface area contributed by atoms with Gasteiger partial charge in [-0.05, 0) is 25.0 Å². The van der Waals surface area contributed by atoms with Crippen molar-refractivity contribution in [2.24, 2.45) is 13.0 Å². The van der Waals surface area contributed by atoms with Gasteiger partial charge in [0.05, 0.1) is 24.6 Å². The molecule has 108 valence electrons. The normalized spacial score (nSPS) is 18.5. The molecule has 1 aromatic carbocycles. The van der Waals surface area contributed by atoms with Crippen molar-refractivity contribution in [3.05, 3.63) is 30.1 Å². The monoisotopic (exact) mass is 272 g/mol. The molecule has 1 unspecified atom stereocenters. The lowest BCUT2D eigenvalue weighted by Crippen LogP contribution is -3.08. The summed E-state index contributed by atoms with van der Waals surface area (Å²) in [6, 6.07) is 8.42. The van der Waals surface area contributed by atoms with Crippen molar-refractivity contribution < 1.29 is 4.90 Å². The Morgan fingerprint density at radius 2 is 1.95 bits per heavy atom. The van der Waals surface area contributed by atoms with Crippen molar-refractivity contribution in [1.29, 1.82) is 0 Å². The fraction of sp³-hybridized carbons (Fsp3) is 0.588. The molecule has 0 amide bonds. The van der Waals surface area contributed by atoms with Crippen LogP contribution in [0.4, 0.5) is 0 Å². The number of imidazole rings is 1. The molecule has 0 radical (unpaired) electrons. The van der Waals surface area contributed by atoms with E-state index in [1.54, 1.807) is 4.90 Å². The van der Waals surface area contributed by atoms with E-state index in [4.69, 9.17) is 4.98 Å². The molecule has 0 saturated heterocycles. The van der Waals surface area contributed by atoms with E-state index in [2.05, 4.69) is 42.9 Å². The zero-order chi connectivity index (χ0) is 13.9. The number of rotatable bonds is 4. The SMILES string of the molecule is Cn1c(C[NH+](C)CC2CCCCC2)nc2ccccc21. The molecule has 3 rings (SSSR count). The van der Waals surface area contributed by atoms with Gasteiger partial charge < -0.3 is 9.47 Å². The maximum Gasteiger partial charge on any atom is 0.165 e. The molecular weight excluding hydrogens is 246 g/mol. The van der Waals surface area contributed by atoms with Gasteiger partial charge in [-0.15, -0.1) is 0 Å². The lowest BCUT2D eigenvalue weighted by atomic mass is 9.89. The molecule has 1 fully saturated rings. The summed E-state index contributed by atoms with van der Waals surface area (Å²) < 4.78 is 2.25. The molecule has 1 aliphatic carbocycles. The van der Waals surface area contributed by atoms with Gasteiger partial charge in [0.25, 0.3) is 0 Å². The van der Waals surface area contributed by atoms with E-state index in [1.807, 2.05) is 0 Å². The van der Waals surface area contributed by atoms with Gasteiger partial charge in [-0.2, -0.15) is 0 Å². The second-order valence-corrected chi connectivity index (χ2v) is 6.42. The smallest absolute Gasteiger partial charge is 0.165 e. The highest BCUT2D eigenvalue weighted by molar-refractivity contribution is 5.75. The lowest BCUT2D eigenvalue weighted by Gasteiger charge is -2.24. The Morgan fingerprint density at radius 3 is 2.70 bits per heavy atom. The third kappa shape index (κ3) is 2.88. The summed E-state index contributed by atoms with van der Waals surface area (Å²) in [6.45, 7) is 2.32. The number of hydrogen-bond donors (Lipinski definition) is 1. The van der Waals surface area contributed by atoms with Crippen LogP contribution in [0.25, 0.3) is 11.0 Å². The van der Waals surface area contributed by atoms with Crippen LogP contribution in [0, 0.1) is 5.92 Å². The van der Waals surface area contributed by atoms with E-state index in [0.717, 1.165) is 18.0 Å². The van der Waals surface area contributed by atoms with Crippen LogP contribution in [0.3, 0.4) is 0 Å². The van der Waals surface area contributed by atoms with Gasteiger partial charge in [0.1, 0.15) is 6.54 Å². The van der Waals surface area contributed by atoms with Crippen molar-refractivity contribution in [2.75, 3.05) is 13.6 Å². The van der Waals surface area contributed by atoms with E-state index in [9.17, 15) is 0 Å². The van der Waals surface area contributed by atoms with E-state index in [0.29, 0.717) is 0 Å². The molecule has 1 atom stereocenters. The van der Waals surface area contributed by atoms with Crippen LogP contribution in [-0.4, -0.2) is 23.1 Å². The average molecular weight is 272 g/mol. The van der Waals surface area contributed by atoms with E-state index < -0.39 is 0 Å². The molecule has 2 aromatic rings. The largest absolute Gasteiger partial charge is 0.331 e. The summed E-state index contributed by atoms with van der Waals surface area (Å²) in [7, 11) is 4.45. The third-order valence-electron chi connectivity index (χ3n) is 4.70. The summed E-state index contributed by atoms with van der Waals surface area (Å²) in [5, 5.41) is 0. The van der Waals surface area contributed by atoms with Gasteiger partial charge in [0, 0.05) is 13.0 Å². The quantitative estimate of drug-likeness (QED) is 0.905. The van der Waals surface area contributed by atoms with Crippen molar-refractivity contribution in [2.45, 2.75) is 38.6 Å². The number of nitrogens with one attached hydrogen (secondary N) is 1. The minimum Gasteiger partial charge on any atom is -0.331 e. The van der Waals surface area contributed by atoms with Crippen LogP contribution in [-0.2, 0) is 13.6 Å². The zero-order valence-corrected chi connectivity index (χ0v) is 12.7. The molecule has 1 heterocycles. The first kappa shape index (κ1) is 13.6. The summed E-state index contributed by atoms with van der Waals surface area (Å²) in [6.07, 6.45) is 7.18. The van der Waals surface area contributed by atoms with Gasteiger partial charge in [0.2, 0.25) is 0 Å². The fourth-order valence-corrected chi connectivity index (χ4v) is 3.58. The predicted molar refractivity (Wildman–Crippen MR) is 82.7 cm³/mol. The second-order valence-electron chi connectivity index (χ2n) is 6.42. The highest BCUT2D eigenvalue weighted by atomic mass is 15.2. The molecule has 1 aromatic heterocycles. The number of fused-ring (bicyclic) bond motifs is 1. The van der Waals surface area contributed by atoms with Crippen LogP contribution in [0.5, 0.6) is 0 Å². The first-order valence-corrected chi connectivity index (χ1v) is 7.95. The average Bonchev–Trinajstić information content (AvgIpc) is 2.77. The van der Waals surface area contributed by atoms with Gasteiger partial charge in [-0.3, -0.25) is 0 Å². The Bertz CT molecular complexity index is 567. The van der Waals surface area contributed by atoms with Crippen molar-refractivity contribution in [1.82, 2.24) is 9.55 Å². The van der Waals surface area contributed by atoms with E-state index in [1.165, 1.54) is 50.0 Å². The number of aromatic nitrogens is 2. The summed E-state index contributed by atoms with van der Waals surface area (Å²) in [5.74, 6) is 2.14. The van der Waals surface area contributed by atoms with Crippen molar-refractivity contribution in [3.8, 4) is 0 Å². The maximum atomic E-state index is 4.79. The second kappa shape index (κ2) is 5.96. The summed E-state index contributed by atoms with van der Waals surface area (Å²) >= 11 is 0. The molecular formula is C17H26N3+.